The van der Waals surface area contributed by atoms with Crippen LogP contribution >= 0.6 is 12.4 Å². The molecule has 0 aromatic heterocycles. The van der Waals surface area contributed by atoms with Gasteiger partial charge < -0.3 is 25.3 Å². The predicted octanol–water partition coefficient (Wildman–Crippen LogP) is 4.61. The first-order valence-corrected chi connectivity index (χ1v) is 9.83. The average molecular weight is 433 g/mol. The van der Waals surface area contributed by atoms with Gasteiger partial charge in [0.1, 0.15) is 0 Å². The summed E-state index contributed by atoms with van der Waals surface area (Å²) in [6.45, 7) is 1.00. The Balaban J connectivity index is 0.00000320. The summed E-state index contributed by atoms with van der Waals surface area (Å²) in [6.07, 6.45) is 6.81. The molecule has 1 aliphatic carbocycles. The lowest BCUT2D eigenvalue weighted by Crippen LogP contribution is -2.26. The summed E-state index contributed by atoms with van der Waals surface area (Å²) in [5, 5.41) is 2.98. The molecule has 0 unspecified atom stereocenters. The number of carbonyl (C=O) groups is 1. The molecule has 0 radical (unpaired) electrons. The van der Waals surface area contributed by atoms with Gasteiger partial charge in [-0.25, -0.2) is 0 Å². The van der Waals surface area contributed by atoms with E-state index in [1.165, 1.54) is 18.4 Å². The predicted molar refractivity (Wildman–Crippen MR) is 120 cm³/mol. The number of allylic oxidation sites excluding steroid dienone is 1. The fourth-order valence-corrected chi connectivity index (χ4v) is 3.30. The third kappa shape index (κ3) is 5.90. The number of nitrogens with two attached hydrogens (primary N) is 1. The minimum atomic E-state index is -0.133. The van der Waals surface area contributed by atoms with Gasteiger partial charge in [0.05, 0.1) is 14.2 Å². The Hall–Kier alpha value is -2.70. The van der Waals surface area contributed by atoms with Crippen molar-refractivity contribution in [2.75, 3.05) is 20.8 Å². The topological polar surface area (TPSA) is 82.8 Å². The monoisotopic (exact) mass is 432 g/mol. The minimum absolute atomic E-state index is 0. The summed E-state index contributed by atoms with van der Waals surface area (Å²) < 4.78 is 16.8. The Bertz CT molecular complexity index is 899. The zero-order chi connectivity index (χ0) is 20.6. The molecule has 0 heterocycles. The molecule has 1 amide bonds. The van der Waals surface area contributed by atoms with Gasteiger partial charge in [0.25, 0.3) is 5.91 Å². The Labute approximate surface area is 183 Å². The zero-order valence-electron chi connectivity index (χ0n) is 17.4. The Kier molecular flexibility index (Phi) is 9.02. The third-order valence-corrected chi connectivity index (χ3v) is 4.97. The molecule has 6 nitrogen and oxygen atoms in total. The summed E-state index contributed by atoms with van der Waals surface area (Å²) in [4.78, 5) is 12.5. The maximum Gasteiger partial charge on any atom is 0.251 e. The second-order valence-corrected chi connectivity index (χ2v) is 6.95. The van der Waals surface area contributed by atoms with Crippen LogP contribution in [0.4, 0.5) is 0 Å². The van der Waals surface area contributed by atoms with E-state index in [0.29, 0.717) is 41.7 Å². The molecule has 0 atom stereocenters. The molecule has 0 fully saturated rings. The number of halogens is 1. The maximum absolute atomic E-state index is 12.5. The quantitative estimate of drug-likeness (QED) is 0.595. The van der Waals surface area contributed by atoms with Crippen LogP contribution in [0.25, 0.3) is 0 Å². The molecule has 162 valence electrons. The van der Waals surface area contributed by atoms with Crippen molar-refractivity contribution >= 4 is 18.3 Å². The van der Waals surface area contributed by atoms with Gasteiger partial charge >= 0.3 is 0 Å². The number of methoxy groups -OCH3 is 2. The van der Waals surface area contributed by atoms with Gasteiger partial charge in [0.2, 0.25) is 0 Å². The summed E-state index contributed by atoms with van der Waals surface area (Å²) in [5.74, 6) is 1.96. The van der Waals surface area contributed by atoms with E-state index >= 15 is 0 Å². The van der Waals surface area contributed by atoms with Crippen LogP contribution in [0.1, 0.15) is 41.6 Å². The van der Waals surface area contributed by atoms with E-state index in [4.69, 9.17) is 19.9 Å². The normalized spacial score (nSPS) is 13.0. The number of nitrogens with one attached hydrogen (secondary N) is 1. The standard InChI is InChI=1S/C23H28N2O4.ClH/c1-27-21-12-17(14-24)8-10-19(21)29-20-11-9-18(13-22(20)28-2)23(26)25-15-16-6-4-3-5-7-16;/h6,8-13H,3-5,7,14-15,24H2,1-2H3,(H,25,26);1H. The van der Waals surface area contributed by atoms with E-state index in [9.17, 15) is 4.79 Å². The van der Waals surface area contributed by atoms with Crippen molar-refractivity contribution < 1.29 is 19.0 Å². The molecule has 7 heteroatoms. The van der Waals surface area contributed by atoms with Crippen LogP contribution in [0.5, 0.6) is 23.0 Å². The van der Waals surface area contributed by atoms with Gasteiger partial charge in [0.15, 0.2) is 23.0 Å². The van der Waals surface area contributed by atoms with Crippen molar-refractivity contribution in [1.82, 2.24) is 5.32 Å². The maximum atomic E-state index is 12.5. The van der Waals surface area contributed by atoms with E-state index in [-0.39, 0.29) is 18.3 Å². The Morgan fingerprint density at radius 1 is 1.00 bits per heavy atom. The van der Waals surface area contributed by atoms with Crippen LogP contribution in [-0.4, -0.2) is 26.7 Å². The molecule has 0 spiro atoms. The lowest BCUT2D eigenvalue weighted by atomic mass is 9.99. The van der Waals surface area contributed by atoms with Crippen molar-refractivity contribution in [3.63, 3.8) is 0 Å². The molecule has 0 saturated heterocycles. The molecule has 2 aromatic carbocycles. The van der Waals surface area contributed by atoms with Crippen molar-refractivity contribution in [2.45, 2.75) is 32.2 Å². The van der Waals surface area contributed by atoms with Gasteiger partial charge in [0, 0.05) is 18.7 Å². The molecule has 3 rings (SSSR count). The molecule has 0 saturated carbocycles. The van der Waals surface area contributed by atoms with Crippen LogP contribution in [0.3, 0.4) is 0 Å². The lowest BCUT2D eigenvalue weighted by molar-refractivity contribution is 0.0956. The van der Waals surface area contributed by atoms with Crippen LogP contribution in [0.2, 0.25) is 0 Å². The highest BCUT2D eigenvalue weighted by atomic mass is 35.5. The fraction of sp³-hybridized carbons (Fsp3) is 0.348. The number of carbonyl (C=O) groups excluding carboxylic acids is 1. The van der Waals surface area contributed by atoms with Crippen LogP contribution < -0.4 is 25.3 Å². The van der Waals surface area contributed by atoms with Gasteiger partial charge in [-0.3, -0.25) is 4.79 Å². The number of benzene rings is 2. The highest BCUT2D eigenvalue weighted by molar-refractivity contribution is 5.95. The average Bonchev–Trinajstić information content (AvgIpc) is 2.78. The Morgan fingerprint density at radius 3 is 2.33 bits per heavy atom. The van der Waals surface area contributed by atoms with Gasteiger partial charge in [-0.1, -0.05) is 17.7 Å². The number of hydrogen-bond acceptors (Lipinski definition) is 5. The highest BCUT2D eigenvalue weighted by Gasteiger charge is 2.14. The van der Waals surface area contributed by atoms with Gasteiger partial charge in [-0.2, -0.15) is 0 Å². The molecular weight excluding hydrogens is 404 g/mol. The smallest absolute Gasteiger partial charge is 0.251 e. The number of ether oxygens (including phenoxy) is 3. The molecule has 30 heavy (non-hydrogen) atoms. The van der Waals surface area contributed by atoms with Crippen molar-refractivity contribution in [1.29, 1.82) is 0 Å². The SMILES string of the molecule is COc1cc(CN)ccc1Oc1ccc(C(=O)NCC2=CCCCC2)cc1OC.Cl. The molecule has 3 N–H and O–H groups in total. The molecular formula is C23H29ClN2O4. The first kappa shape index (κ1) is 23.6. The summed E-state index contributed by atoms with van der Waals surface area (Å²) in [7, 11) is 3.13. The summed E-state index contributed by atoms with van der Waals surface area (Å²) in [5.41, 5.74) is 8.45. The molecule has 1 aliphatic rings. The first-order valence-electron chi connectivity index (χ1n) is 9.83. The van der Waals surface area contributed by atoms with Crippen molar-refractivity contribution in [3.8, 4) is 23.0 Å². The fourth-order valence-electron chi connectivity index (χ4n) is 3.30. The van der Waals surface area contributed by atoms with Crippen LogP contribution in [0, 0.1) is 0 Å². The zero-order valence-corrected chi connectivity index (χ0v) is 18.2. The second-order valence-electron chi connectivity index (χ2n) is 6.95. The number of rotatable bonds is 8. The second kappa shape index (κ2) is 11.5. The number of amides is 1. The summed E-state index contributed by atoms with van der Waals surface area (Å²) >= 11 is 0. The van der Waals surface area contributed by atoms with Crippen LogP contribution in [-0.2, 0) is 6.54 Å². The lowest BCUT2D eigenvalue weighted by Gasteiger charge is -2.15. The van der Waals surface area contributed by atoms with E-state index < -0.39 is 0 Å². The van der Waals surface area contributed by atoms with Crippen molar-refractivity contribution in [2.24, 2.45) is 5.73 Å². The molecule has 0 aliphatic heterocycles. The van der Waals surface area contributed by atoms with E-state index in [1.807, 2.05) is 12.1 Å². The van der Waals surface area contributed by atoms with E-state index in [1.54, 1.807) is 38.5 Å². The van der Waals surface area contributed by atoms with Gasteiger partial charge in [-0.15, -0.1) is 12.4 Å². The van der Waals surface area contributed by atoms with Gasteiger partial charge in [-0.05, 0) is 61.6 Å². The molecule has 0 bridgehead atoms. The van der Waals surface area contributed by atoms with Crippen molar-refractivity contribution in [3.05, 3.63) is 59.2 Å². The minimum Gasteiger partial charge on any atom is -0.493 e. The highest BCUT2D eigenvalue weighted by Crippen LogP contribution is 2.37. The van der Waals surface area contributed by atoms with E-state index in [2.05, 4.69) is 11.4 Å². The largest absolute Gasteiger partial charge is 0.493 e. The Morgan fingerprint density at radius 2 is 1.70 bits per heavy atom. The first-order chi connectivity index (χ1) is 14.1. The van der Waals surface area contributed by atoms with E-state index in [0.717, 1.165) is 18.4 Å². The third-order valence-electron chi connectivity index (χ3n) is 4.97. The summed E-state index contributed by atoms with van der Waals surface area (Å²) in [6, 6.07) is 10.7. The van der Waals surface area contributed by atoms with Crippen LogP contribution in [0.15, 0.2) is 48.0 Å². The molecule has 2 aromatic rings. The number of hydrogen-bond donors (Lipinski definition) is 2.